The fraction of sp³-hybridized carbons (Fsp3) is 0.357. The molecule has 1 aromatic heterocycles. The molecule has 1 aromatic carbocycles. The molecule has 1 fully saturated rings. The Bertz CT molecular complexity index is 512. The van der Waals surface area contributed by atoms with Crippen molar-refractivity contribution in [1.82, 2.24) is 10.3 Å². The molecule has 1 unspecified atom stereocenters. The molecular weight excluding hydrogens is 228 g/mol. The van der Waals surface area contributed by atoms with E-state index in [0.29, 0.717) is 6.04 Å². The van der Waals surface area contributed by atoms with Crippen LogP contribution in [0.2, 0.25) is 0 Å². The van der Waals surface area contributed by atoms with E-state index in [9.17, 15) is 0 Å². The third-order valence-electron chi connectivity index (χ3n) is 3.19. The third kappa shape index (κ3) is 2.26. The summed E-state index contributed by atoms with van der Waals surface area (Å²) in [7, 11) is 0. The lowest BCUT2D eigenvalue weighted by atomic mass is 10.1. The van der Waals surface area contributed by atoms with Crippen molar-refractivity contribution >= 4 is 11.3 Å². The Hall–Kier alpha value is -1.19. The number of hydrogen-bond donors (Lipinski definition) is 1. The van der Waals surface area contributed by atoms with Crippen LogP contribution in [0.3, 0.4) is 0 Å². The fourth-order valence-corrected chi connectivity index (χ4v) is 3.22. The summed E-state index contributed by atoms with van der Waals surface area (Å²) in [5, 5.41) is 6.90. The maximum Gasteiger partial charge on any atom is 0.110 e. The molecule has 3 heteroatoms. The molecule has 0 radical (unpaired) electrons. The van der Waals surface area contributed by atoms with Gasteiger partial charge in [-0.15, -0.1) is 11.3 Å². The van der Waals surface area contributed by atoms with E-state index in [1.54, 1.807) is 11.3 Å². The minimum atomic E-state index is 0.485. The molecule has 2 nitrogen and oxygen atoms in total. The number of aryl methyl sites for hydroxylation is 1. The first-order valence-electron chi connectivity index (χ1n) is 6.09. The van der Waals surface area contributed by atoms with Crippen LogP contribution in [0.5, 0.6) is 0 Å². The lowest BCUT2D eigenvalue weighted by Gasteiger charge is -2.04. The molecule has 1 aliphatic heterocycles. The third-order valence-corrected chi connectivity index (χ3v) is 4.15. The van der Waals surface area contributed by atoms with Gasteiger partial charge in [-0.3, -0.25) is 0 Å². The first kappa shape index (κ1) is 10.9. The molecule has 0 spiro atoms. The molecule has 88 valence electrons. The summed E-state index contributed by atoms with van der Waals surface area (Å²) in [5.41, 5.74) is 3.63. The fourth-order valence-electron chi connectivity index (χ4n) is 2.28. The van der Waals surface area contributed by atoms with Gasteiger partial charge in [0.05, 0.1) is 11.7 Å². The molecule has 3 rings (SSSR count). The zero-order valence-electron chi connectivity index (χ0n) is 9.94. The van der Waals surface area contributed by atoms with E-state index in [1.165, 1.54) is 29.0 Å². The van der Waals surface area contributed by atoms with Crippen molar-refractivity contribution in [3.8, 4) is 11.3 Å². The minimum Gasteiger partial charge on any atom is -0.308 e. The van der Waals surface area contributed by atoms with Crippen molar-refractivity contribution in [3.63, 3.8) is 0 Å². The first-order valence-corrected chi connectivity index (χ1v) is 6.97. The van der Waals surface area contributed by atoms with Crippen LogP contribution < -0.4 is 5.32 Å². The van der Waals surface area contributed by atoms with Gasteiger partial charge in [-0.1, -0.05) is 23.8 Å². The molecule has 1 saturated heterocycles. The van der Waals surface area contributed by atoms with Crippen molar-refractivity contribution in [3.05, 3.63) is 40.2 Å². The molecular formula is C14H16N2S. The normalized spacial score (nSPS) is 19.7. The summed E-state index contributed by atoms with van der Waals surface area (Å²) in [6.45, 7) is 3.25. The quantitative estimate of drug-likeness (QED) is 0.874. The SMILES string of the molecule is Cc1cccc(-c2csc(C3CCCN3)n2)c1. The van der Waals surface area contributed by atoms with E-state index in [0.717, 1.165) is 12.2 Å². The van der Waals surface area contributed by atoms with E-state index in [1.807, 2.05) is 0 Å². The lowest BCUT2D eigenvalue weighted by molar-refractivity contribution is 0.643. The highest BCUT2D eigenvalue weighted by molar-refractivity contribution is 7.10. The minimum absolute atomic E-state index is 0.485. The number of benzene rings is 1. The standard InChI is InChI=1S/C14H16N2S/c1-10-4-2-5-11(8-10)13-9-17-14(16-13)12-6-3-7-15-12/h2,4-5,8-9,12,15H,3,6-7H2,1H3. The maximum atomic E-state index is 4.76. The number of aromatic nitrogens is 1. The highest BCUT2D eigenvalue weighted by atomic mass is 32.1. The highest BCUT2D eigenvalue weighted by Gasteiger charge is 2.19. The van der Waals surface area contributed by atoms with Gasteiger partial charge in [-0.25, -0.2) is 4.98 Å². The van der Waals surface area contributed by atoms with Crippen molar-refractivity contribution in [2.75, 3.05) is 6.54 Å². The first-order chi connectivity index (χ1) is 8.33. The van der Waals surface area contributed by atoms with Gasteiger partial charge in [-0.2, -0.15) is 0 Å². The van der Waals surface area contributed by atoms with Crippen LogP contribution in [0.25, 0.3) is 11.3 Å². The van der Waals surface area contributed by atoms with Gasteiger partial charge in [0.25, 0.3) is 0 Å². The Morgan fingerprint density at radius 1 is 1.41 bits per heavy atom. The molecule has 1 aliphatic rings. The van der Waals surface area contributed by atoms with Gasteiger partial charge in [-0.05, 0) is 32.4 Å². The topological polar surface area (TPSA) is 24.9 Å². The molecule has 1 atom stereocenters. The van der Waals surface area contributed by atoms with Crippen LogP contribution in [-0.4, -0.2) is 11.5 Å². The summed E-state index contributed by atoms with van der Waals surface area (Å²) in [4.78, 5) is 4.76. The van der Waals surface area contributed by atoms with Gasteiger partial charge >= 0.3 is 0 Å². The zero-order valence-corrected chi connectivity index (χ0v) is 10.8. The van der Waals surface area contributed by atoms with Crippen LogP contribution in [-0.2, 0) is 0 Å². The summed E-state index contributed by atoms with van der Waals surface area (Å²) in [6, 6.07) is 9.03. The van der Waals surface area contributed by atoms with Crippen molar-refractivity contribution in [2.24, 2.45) is 0 Å². The van der Waals surface area contributed by atoms with E-state index >= 15 is 0 Å². The molecule has 2 aromatic rings. The predicted molar refractivity (Wildman–Crippen MR) is 72.3 cm³/mol. The van der Waals surface area contributed by atoms with Crippen molar-refractivity contribution in [1.29, 1.82) is 0 Å². The number of nitrogens with zero attached hydrogens (tertiary/aromatic N) is 1. The van der Waals surface area contributed by atoms with Crippen LogP contribution in [0.1, 0.15) is 29.5 Å². The Labute approximate surface area is 106 Å². The number of rotatable bonds is 2. The van der Waals surface area contributed by atoms with Gasteiger partial charge in [0, 0.05) is 10.9 Å². The zero-order chi connectivity index (χ0) is 11.7. The van der Waals surface area contributed by atoms with Gasteiger partial charge < -0.3 is 5.32 Å². The second kappa shape index (κ2) is 4.59. The molecule has 2 heterocycles. The van der Waals surface area contributed by atoms with Crippen LogP contribution in [0, 0.1) is 6.92 Å². The predicted octanol–water partition coefficient (Wildman–Crippen LogP) is 3.54. The van der Waals surface area contributed by atoms with Crippen LogP contribution in [0.15, 0.2) is 29.6 Å². The summed E-state index contributed by atoms with van der Waals surface area (Å²) in [5.74, 6) is 0. The molecule has 17 heavy (non-hydrogen) atoms. The van der Waals surface area contributed by atoms with Crippen molar-refractivity contribution < 1.29 is 0 Å². The smallest absolute Gasteiger partial charge is 0.110 e. The van der Waals surface area contributed by atoms with Crippen molar-refractivity contribution in [2.45, 2.75) is 25.8 Å². The Morgan fingerprint density at radius 2 is 2.35 bits per heavy atom. The Morgan fingerprint density at radius 3 is 3.12 bits per heavy atom. The Kier molecular flexibility index (Phi) is 2.95. The largest absolute Gasteiger partial charge is 0.308 e. The molecule has 0 amide bonds. The maximum absolute atomic E-state index is 4.76. The second-order valence-corrected chi connectivity index (χ2v) is 5.48. The molecule has 0 saturated carbocycles. The van der Waals surface area contributed by atoms with E-state index < -0.39 is 0 Å². The number of hydrogen-bond acceptors (Lipinski definition) is 3. The second-order valence-electron chi connectivity index (χ2n) is 4.59. The van der Waals surface area contributed by atoms with Gasteiger partial charge in [0.2, 0.25) is 0 Å². The van der Waals surface area contributed by atoms with E-state index in [2.05, 4.69) is 41.9 Å². The summed E-state index contributed by atoms with van der Waals surface area (Å²) >= 11 is 1.77. The Balaban J connectivity index is 1.89. The number of thiazole rings is 1. The number of nitrogens with one attached hydrogen (secondary N) is 1. The lowest BCUT2D eigenvalue weighted by Crippen LogP contribution is -2.12. The van der Waals surface area contributed by atoms with E-state index in [-0.39, 0.29) is 0 Å². The monoisotopic (exact) mass is 244 g/mol. The van der Waals surface area contributed by atoms with Gasteiger partial charge in [0.1, 0.15) is 5.01 Å². The highest BCUT2D eigenvalue weighted by Crippen LogP contribution is 2.29. The average Bonchev–Trinajstić information content (AvgIpc) is 3.00. The average molecular weight is 244 g/mol. The summed E-state index contributed by atoms with van der Waals surface area (Å²) < 4.78 is 0. The van der Waals surface area contributed by atoms with E-state index in [4.69, 9.17) is 4.98 Å². The summed E-state index contributed by atoms with van der Waals surface area (Å²) in [6.07, 6.45) is 2.49. The van der Waals surface area contributed by atoms with Crippen LogP contribution in [0.4, 0.5) is 0 Å². The molecule has 0 aliphatic carbocycles. The van der Waals surface area contributed by atoms with Gasteiger partial charge in [0.15, 0.2) is 0 Å². The van der Waals surface area contributed by atoms with Crippen LogP contribution >= 0.6 is 11.3 Å². The molecule has 1 N–H and O–H groups in total. The molecule has 0 bridgehead atoms.